The molecular formula is C8H7N5O. The topological polar surface area (TPSA) is 78.8 Å². The highest BCUT2D eigenvalue weighted by Gasteiger charge is 2.09. The number of aromatic nitrogens is 5. The van der Waals surface area contributed by atoms with Crippen molar-refractivity contribution in [1.82, 2.24) is 24.6 Å². The molecule has 0 spiro atoms. The number of imidazole rings is 1. The Labute approximate surface area is 77.6 Å². The lowest BCUT2D eigenvalue weighted by Crippen LogP contribution is -2.15. The Morgan fingerprint density at radius 1 is 1.50 bits per heavy atom. The van der Waals surface area contributed by atoms with Crippen LogP contribution in [0.15, 0.2) is 17.2 Å². The van der Waals surface area contributed by atoms with E-state index in [1.807, 2.05) is 6.92 Å². The summed E-state index contributed by atoms with van der Waals surface area (Å²) in [4.78, 5) is 18.3. The van der Waals surface area contributed by atoms with Gasteiger partial charge in [0, 0.05) is 18.1 Å². The Hall–Kier alpha value is -2.11. The van der Waals surface area contributed by atoms with Crippen molar-refractivity contribution < 1.29 is 0 Å². The van der Waals surface area contributed by atoms with Gasteiger partial charge in [0.25, 0.3) is 0 Å². The van der Waals surface area contributed by atoms with Crippen LogP contribution in [0.5, 0.6) is 0 Å². The van der Waals surface area contributed by atoms with E-state index in [0.29, 0.717) is 11.3 Å². The maximum Gasteiger partial charge on any atom is 0.332 e. The minimum absolute atomic E-state index is 0.225. The summed E-state index contributed by atoms with van der Waals surface area (Å²) in [5.74, 6) is 0. The highest BCUT2D eigenvalue weighted by Crippen LogP contribution is 2.15. The van der Waals surface area contributed by atoms with Gasteiger partial charge in [-0.15, -0.1) is 0 Å². The summed E-state index contributed by atoms with van der Waals surface area (Å²) in [6.45, 7) is 1.89. The van der Waals surface area contributed by atoms with Crippen LogP contribution in [0.25, 0.3) is 16.7 Å². The second-order valence-electron chi connectivity index (χ2n) is 3.12. The van der Waals surface area contributed by atoms with E-state index in [4.69, 9.17) is 0 Å². The van der Waals surface area contributed by atoms with E-state index in [1.54, 1.807) is 12.4 Å². The largest absolute Gasteiger partial charge is 0.332 e. The first-order chi connectivity index (χ1) is 6.77. The van der Waals surface area contributed by atoms with Gasteiger partial charge in [0.1, 0.15) is 0 Å². The van der Waals surface area contributed by atoms with Crippen LogP contribution in [-0.2, 0) is 0 Å². The maximum absolute atomic E-state index is 11.5. The third-order valence-corrected chi connectivity index (χ3v) is 2.26. The van der Waals surface area contributed by atoms with E-state index in [2.05, 4.69) is 20.2 Å². The minimum atomic E-state index is -0.225. The number of aryl methyl sites for hydroxylation is 1. The second-order valence-corrected chi connectivity index (χ2v) is 3.12. The fraction of sp³-hybridized carbons (Fsp3) is 0.125. The molecule has 0 aliphatic rings. The van der Waals surface area contributed by atoms with Crippen molar-refractivity contribution in [2.24, 2.45) is 0 Å². The van der Waals surface area contributed by atoms with Gasteiger partial charge in [0.15, 0.2) is 11.3 Å². The Balaban J connectivity index is 2.77. The van der Waals surface area contributed by atoms with Crippen molar-refractivity contribution >= 4 is 16.7 Å². The van der Waals surface area contributed by atoms with Crippen LogP contribution in [0, 0.1) is 6.92 Å². The van der Waals surface area contributed by atoms with E-state index in [0.717, 1.165) is 11.1 Å². The predicted molar refractivity (Wildman–Crippen MR) is 50.2 cm³/mol. The Kier molecular flexibility index (Phi) is 1.16. The zero-order valence-corrected chi connectivity index (χ0v) is 7.40. The van der Waals surface area contributed by atoms with Crippen molar-refractivity contribution in [2.45, 2.75) is 6.92 Å². The molecule has 0 fully saturated rings. The van der Waals surface area contributed by atoms with Crippen LogP contribution in [0.3, 0.4) is 0 Å². The number of aromatic amines is 2. The van der Waals surface area contributed by atoms with Crippen molar-refractivity contribution in [1.29, 1.82) is 0 Å². The molecule has 3 aromatic heterocycles. The molecule has 0 amide bonds. The smallest absolute Gasteiger partial charge is 0.289 e. The first-order valence-corrected chi connectivity index (χ1v) is 4.17. The molecule has 0 radical (unpaired) electrons. The zero-order chi connectivity index (χ0) is 9.71. The third-order valence-electron chi connectivity index (χ3n) is 2.26. The van der Waals surface area contributed by atoms with Crippen molar-refractivity contribution in [3.05, 3.63) is 28.6 Å². The summed E-state index contributed by atoms with van der Waals surface area (Å²) in [6, 6.07) is 0. The molecule has 0 aromatic carbocycles. The van der Waals surface area contributed by atoms with Gasteiger partial charge in [0.05, 0.1) is 5.39 Å². The van der Waals surface area contributed by atoms with Gasteiger partial charge >= 0.3 is 5.69 Å². The molecule has 0 aliphatic heterocycles. The molecule has 2 N–H and O–H groups in total. The highest BCUT2D eigenvalue weighted by atomic mass is 16.1. The van der Waals surface area contributed by atoms with Crippen LogP contribution < -0.4 is 5.69 Å². The summed E-state index contributed by atoms with van der Waals surface area (Å²) in [6.07, 6.45) is 3.22. The summed E-state index contributed by atoms with van der Waals surface area (Å²) >= 11 is 0. The lowest BCUT2D eigenvalue weighted by Gasteiger charge is -1.93. The average molecular weight is 189 g/mol. The van der Waals surface area contributed by atoms with Crippen LogP contribution >= 0.6 is 0 Å². The van der Waals surface area contributed by atoms with E-state index in [1.165, 1.54) is 4.40 Å². The minimum Gasteiger partial charge on any atom is -0.289 e. The van der Waals surface area contributed by atoms with Crippen LogP contribution in [0.4, 0.5) is 0 Å². The Morgan fingerprint density at radius 3 is 3.21 bits per heavy atom. The number of nitrogens with zero attached hydrogens (tertiary/aromatic N) is 3. The number of hydrogen-bond donors (Lipinski definition) is 2. The van der Waals surface area contributed by atoms with Crippen LogP contribution in [0.2, 0.25) is 0 Å². The maximum atomic E-state index is 11.5. The van der Waals surface area contributed by atoms with E-state index < -0.39 is 0 Å². The molecule has 0 atom stereocenters. The first kappa shape index (κ1) is 7.31. The number of fused-ring (bicyclic) bond motifs is 3. The quantitative estimate of drug-likeness (QED) is 0.530. The van der Waals surface area contributed by atoms with Gasteiger partial charge in [-0.25, -0.2) is 9.78 Å². The molecule has 70 valence electrons. The molecular weight excluding hydrogens is 182 g/mol. The molecule has 3 rings (SSSR count). The molecule has 6 nitrogen and oxygen atoms in total. The lowest BCUT2D eigenvalue weighted by molar-refractivity contribution is 1.01. The molecule has 6 heteroatoms. The van der Waals surface area contributed by atoms with Crippen LogP contribution in [-0.4, -0.2) is 24.6 Å². The summed E-state index contributed by atoms with van der Waals surface area (Å²) in [5, 5.41) is 7.64. The number of nitrogens with one attached hydrogen (secondary N) is 2. The molecule has 14 heavy (non-hydrogen) atoms. The van der Waals surface area contributed by atoms with E-state index >= 15 is 0 Å². The molecule has 0 aliphatic carbocycles. The molecule has 0 saturated carbocycles. The highest BCUT2D eigenvalue weighted by molar-refractivity contribution is 5.90. The van der Waals surface area contributed by atoms with Gasteiger partial charge < -0.3 is 0 Å². The van der Waals surface area contributed by atoms with Gasteiger partial charge in [-0.3, -0.25) is 14.5 Å². The zero-order valence-electron chi connectivity index (χ0n) is 7.40. The van der Waals surface area contributed by atoms with Crippen molar-refractivity contribution in [3.63, 3.8) is 0 Å². The summed E-state index contributed by atoms with van der Waals surface area (Å²) in [5.41, 5.74) is 1.85. The third kappa shape index (κ3) is 0.723. The van der Waals surface area contributed by atoms with Gasteiger partial charge in [-0.1, -0.05) is 0 Å². The molecule has 0 saturated heterocycles. The van der Waals surface area contributed by atoms with Crippen LogP contribution in [0.1, 0.15) is 5.69 Å². The SMILES string of the molecule is Cc1[nH]nc2[nH]c(=O)n3ccnc3c12. The summed E-state index contributed by atoms with van der Waals surface area (Å²) < 4.78 is 1.46. The average Bonchev–Trinajstić information content (AvgIpc) is 2.72. The molecule has 0 bridgehead atoms. The molecule has 3 aromatic rings. The number of hydrogen-bond acceptors (Lipinski definition) is 3. The van der Waals surface area contributed by atoms with E-state index in [9.17, 15) is 4.79 Å². The van der Waals surface area contributed by atoms with E-state index in [-0.39, 0.29) is 5.69 Å². The van der Waals surface area contributed by atoms with Gasteiger partial charge in [-0.2, -0.15) is 5.10 Å². The predicted octanol–water partition coefficient (Wildman–Crippen LogP) is 0.207. The Morgan fingerprint density at radius 2 is 2.36 bits per heavy atom. The fourth-order valence-electron chi connectivity index (χ4n) is 1.61. The van der Waals surface area contributed by atoms with Crippen molar-refractivity contribution in [2.75, 3.05) is 0 Å². The monoisotopic (exact) mass is 189 g/mol. The molecule has 3 heterocycles. The normalized spacial score (nSPS) is 11.5. The number of rotatable bonds is 0. The standard InChI is InChI=1S/C8H7N5O/c1-4-5-6(12-11-4)10-8(14)13-3-2-9-7(5)13/h2-3H,1H3,(H2,10,11,12,14). The first-order valence-electron chi connectivity index (χ1n) is 4.17. The second kappa shape index (κ2) is 2.22. The van der Waals surface area contributed by atoms with Gasteiger partial charge in [-0.05, 0) is 6.92 Å². The number of H-pyrrole nitrogens is 2. The van der Waals surface area contributed by atoms with Gasteiger partial charge in [0.2, 0.25) is 0 Å². The molecule has 0 unspecified atom stereocenters. The summed E-state index contributed by atoms with van der Waals surface area (Å²) in [7, 11) is 0. The lowest BCUT2D eigenvalue weighted by atomic mass is 10.3. The fourth-order valence-corrected chi connectivity index (χ4v) is 1.61. The Bertz CT molecular complexity index is 674. The van der Waals surface area contributed by atoms with Crippen molar-refractivity contribution in [3.8, 4) is 0 Å².